The Labute approximate surface area is 169 Å². The molecular formula is C21H25N5O3. The molecule has 152 valence electrons. The molecule has 8 nitrogen and oxygen atoms in total. The van der Waals surface area contributed by atoms with Gasteiger partial charge in [0.25, 0.3) is 0 Å². The summed E-state index contributed by atoms with van der Waals surface area (Å²) in [6, 6.07) is 5.74. The molecule has 1 N–H and O–H groups in total. The summed E-state index contributed by atoms with van der Waals surface area (Å²) in [7, 11) is 0. The number of amides is 1. The number of rotatable bonds is 4. The van der Waals surface area contributed by atoms with Crippen LogP contribution in [0.5, 0.6) is 0 Å². The number of aromatic nitrogens is 3. The molecule has 1 aliphatic rings. The van der Waals surface area contributed by atoms with Gasteiger partial charge >= 0.3 is 6.09 Å². The Morgan fingerprint density at radius 3 is 2.79 bits per heavy atom. The van der Waals surface area contributed by atoms with Crippen LogP contribution in [0.2, 0.25) is 0 Å². The van der Waals surface area contributed by atoms with E-state index in [2.05, 4.69) is 20.3 Å². The van der Waals surface area contributed by atoms with E-state index >= 15 is 0 Å². The van der Waals surface area contributed by atoms with Crippen LogP contribution in [0.25, 0.3) is 11.1 Å². The molecule has 0 aliphatic carbocycles. The normalized spacial score (nSPS) is 14.7. The van der Waals surface area contributed by atoms with E-state index in [-0.39, 0.29) is 12.0 Å². The zero-order valence-electron chi connectivity index (χ0n) is 17.1. The lowest BCUT2D eigenvalue weighted by Gasteiger charge is -2.38. The maximum atomic E-state index is 12.1. The highest BCUT2D eigenvalue weighted by atomic mass is 16.6. The van der Waals surface area contributed by atoms with E-state index in [1.54, 1.807) is 23.4 Å². The van der Waals surface area contributed by atoms with Crippen molar-refractivity contribution in [1.29, 1.82) is 0 Å². The highest BCUT2D eigenvalue weighted by molar-refractivity contribution is 5.84. The summed E-state index contributed by atoms with van der Waals surface area (Å²) < 4.78 is 11.3. The molecule has 0 spiro atoms. The number of oxazole rings is 1. The number of likely N-dealkylation sites (tertiary alicyclic amines) is 1. The number of aryl methyl sites for hydroxylation is 1. The molecule has 0 atom stereocenters. The van der Waals surface area contributed by atoms with Crippen LogP contribution < -0.4 is 5.32 Å². The molecule has 3 aromatic rings. The topological polar surface area (TPSA) is 93.4 Å². The summed E-state index contributed by atoms with van der Waals surface area (Å²) >= 11 is 0. The van der Waals surface area contributed by atoms with Crippen LogP contribution in [-0.4, -0.2) is 44.6 Å². The summed E-state index contributed by atoms with van der Waals surface area (Å²) in [4.78, 5) is 27.2. The van der Waals surface area contributed by atoms with Gasteiger partial charge in [0, 0.05) is 31.5 Å². The second-order valence-corrected chi connectivity index (χ2v) is 8.26. The Bertz CT molecular complexity index is 1030. The van der Waals surface area contributed by atoms with Gasteiger partial charge in [-0.2, -0.15) is 0 Å². The molecule has 0 aromatic carbocycles. The second kappa shape index (κ2) is 7.35. The Balaban J connectivity index is 1.45. The number of hydrogen-bond acceptors (Lipinski definition) is 7. The molecule has 4 heterocycles. The molecule has 1 amide bonds. The van der Waals surface area contributed by atoms with E-state index in [0.717, 1.165) is 11.3 Å². The van der Waals surface area contributed by atoms with Gasteiger partial charge in [0.15, 0.2) is 16.9 Å². The van der Waals surface area contributed by atoms with Gasteiger partial charge in [-0.05, 0) is 39.3 Å². The fraction of sp³-hybridized carbons (Fsp3) is 0.429. The fourth-order valence-corrected chi connectivity index (χ4v) is 3.16. The molecule has 29 heavy (non-hydrogen) atoms. The van der Waals surface area contributed by atoms with E-state index in [9.17, 15) is 4.79 Å². The second-order valence-electron chi connectivity index (χ2n) is 8.26. The quantitative estimate of drug-likeness (QED) is 0.716. The largest absolute Gasteiger partial charge is 0.444 e. The third-order valence-electron chi connectivity index (χ3n) is 4.75. The van der Waals surface area contributed by atoms with Crippen LogP contribution in [0.4, 0.5) is 10.6 Å². The minimum Gasteiger partial charge on any atom is -0.444 e. The number of anilines is 1. The lowest BCUT2D eigenvalue weighted by atomic mass is 10.0. The van der Waals surface area contributed by atoms with Crippen molar-refractivity contribution in [2.75, 3.05) is 18.4 Å². The third kappa shape index (κ3) is 4.16. The predicted octanol–water partition coefficient (Wildman–Crippen LogP) is 3.87. The van der Waals surface area contributed by atoms with Crippen molar-refractivity contribution in [1.82, 2.24) is 19.9 Å². The van der Waals surface area contributed by atoms with Crippen molar-refractivity contribution in [2.24, 2.45) is 0 Å². The number of pyridine rings is 2. The van der Waals surface area contributed by atoms with Gasteiger partial charge in [0.05, 0.1) is 18.2 Å². The van der Waals surface area contributed by atoms with Crippen molar-refractivity contribution in [2.45, 2.75) is 45.8 Å². The first-order chi connectivity index (χ1) is 13.8. The first-order valence-electron chi connectivity index (χ1n) is 9.68. The molecule has 1 fully saturated rings. The molecule has 8 heteroatoms. The highest BCUT2D eigenvalue weighted by Crippen LogP contribution is 2.31. The molecule has 1 saturated heterocycles. The smallest absolute Gasteiger partial charge is 0.410 e. The zero-order valence-corrected chi connectivity index (χ0v) is 17.1. The molecular weight excluding hydrogens is 370 g/mol. The Morgan fingerprint density at radius 1 is 1.28 bits per heavy atom. The zero-order chi connectivity index (χ0) is 20.6. The number of nitrogens with zero attached hydrogens (tertiary/aromatic N) is 4. The van der Waals surface area contributed by atoms with E-state index in [1.807, 2.05) is 39.8 Å². The van der Waals surface area contributed by atoms with Gasteiger partial charge in [-0.3, -0.25) is 4.98 Å². The van der Waals surface area contributed by atoms with E-state index in [4.69, 9.17) is 9.15 Å². The summed E-state index contributed by atoms with van der Waals surface area (Å²) in [6.07, 6.45) is 3.16. The third-order valence-corrected chi connectivity index (χ3v) is 4.75. The number of carbonyl (C=O) groups is 1. The van der Waals surface area contributed by atoms with Crippen molar-refractivity contribution in [3.8, 4) is 0 Å². The molecule has 0 radical (unpaired) electrons. The van der Waals surface area contributed by atoms with E-state index in [0.29, 0.717) is 42.4 Å². The van der Waals surface area contributed by atoms with Crippen LogP contribution in [0, 0.1) is 6.92 Å². The molecule has 4 rings (SSSR count). The van der Waals surface area contributed by atoms with Crippen LogP contribution in [0.15, 0.2) is 35.0 Å². The number of carbonyl (C=O) groups excluding carboxylic acids is 1. The summed E-state index contributed by atoms with van der Waals surface area (Å²) in [5, 5.41) is 3.31. The van der Waals surface area contributed by atoms with E-state index in [1.165, 1.54) is 0 Å². The van der Waals surface area contributed by atoms with Gasteiger partial charge in [-0.25, -0.2) is 14.8 Å². The number of hydrogen-bond donors (Lipinski definition) is 1. The van der Waals surface area contributed by atoms with Gasteiger partial charge in [-0.1, -0.05) is 6.07 Å². The van der Waals surface area contributed by atoms with Crippen molar-refractivity contribution in [3.05, 3.63) is 47.7 Å². The van der Waals surface area contributed by atoms with Crippen molar-refractivity contribution in [3.63, 3.8) is 0 Å². The monoisotopic (exact) mass is 395 g/mol. The maximum absolute atomic E-state index is 12.1. The Kier molecular flexibility index (Phi) is 4.86. The van der Waals surface area contributed by atoms with Crippen LogP contribution >= 0.6 is 0 Å². The SMILES string of the molecule is Cc1cccnc1CNc1nccc2oc(C3CN(C(=O)OC(C)(C)C)C3)nc12. The minimum absolute atomic E-state index is 0.0563. The summed E-state index contributed by atoms with van der Waals surface area (Å²) in [5.74, 6) is 1.33. The maximum Gasteiger partial charge on any atom is 0.410 e. The number of nitrogens with one attached hydrogen (secondary N) is 1. The van der Waals surface area contributed by atoms with E-state index < -0.39 is 5.60 Å². The average Bonchev–Trinajstić information content (AvgIpc) is 3.02. The van der Waals surface area contributed by atoms with Crippen LogP contribution in [0.3, 0.4) is 0 Å². The van der Waals surface area contributed by atoms with Crippen LogP contribution in [0.1, 0.15) is 43.8 Å². The van der Waals surface area contributed by atoms with Crippen LogP contribution in [-0.2, 0) is 11.3 Å². The predicted molar refractivity (Wildman–Crippen MR) is 109 cm³/mol. The highest BCUT2D eigenvalue weighted by Gasteiger charge is 2.37. The standard InChI is InChI=1S/C21H25N5O3/c1-13-6-5-8-22-15(13)10-24-18-17-16(7-9-23-18)28-19(25-17)14-11-26(12-14)20(27)29-21(2,3)4/h5-9,14H,10-12H2,1-4H3,(H,23,24). The minimum atomic E-state index is -0.502. The van der Waals surface area contributed by atoms with Crippen molar-refractivity contribution < 1.29 is 13.9 Å². The fourth-order valence-electron chi connectivity index (χ4n) is 3.16. The number of fused-ring (bicyclic) bond motifs is 1. The number of ether oxygens (including phenoxy) is 1. The lowest BCUT2D eigenvalue weighted by molar-refractivity contribution is 0.00620. The molecule has 0 saturated carbocycles. The van der Waals surface area contributed by atoms with Gasteiger partial charge in [-0.15, -0.1) is 0 Å². The van der Waals surface area contributed by atoms with Gasteiger partial charge in [0.2, 0.25) is 5.89 Å². The van der Waals surface area contributed by atoms with Gasteiger partial charge < -0.3 is 19.4 Å². The molecule has 0 bridgehead atoms. The van der Waals surface area contributed by atoms with Crippen molar-refractivity contribution >= 4 is 23.0 Å². The first kappa shape index (κ1) is 19.2. The lowest BCUT2D eigenvalue weighted by Crippen LogP contribution is -2.50. The Morgan fingerprint density at radius 2 is 2.07 bits per heavy atom. The Hall–Kier alpha value is -3.16. The molecule has 3 aromatic heterocycles. The van der Waals surface area contributed by atoms with Gasteiger partial charge in [0.1, 0.15) is 5.60 Å². The molecule has 0 unspecified atom stereocenters. The summed E-state index contributed by atoms with van der Waals surface area (Å²) in [5.41, 5.74) is 2.93. The average molecular weight is 395 g/mol. The molecule has 1 aliphatic heterocycles. The first-order valence-corrected chi connectivity index (χ1v) is 9.68. The summed E-state index contributed by atoms with van der Waals surface area (Å²) in [6.45, 7) is 9.22.